The molecule has 0 atom stereocenters. The van der Waals surface area contributed by atoms with Crippen molar-refractivity contribution in [3.05, 3.63) is 22.4 Å². The van der Waals surface area contributed by atoms with Crippen LogP contribution in [-0.4, -0.2) is 13.1 Å². The van der Waals surface area contributed by atoms with Crippen LogP contribution in [0.4, 0.5) is 0 Å². The number of hydrogen-bond acceptors (Lipinski definition) is 3. The van der Waals surface area contributed by atoms with Gasteiger partial charge in [0, 0.05) is 13.1 Å². The van der Waals surface area contributed by atoms with Gasteiger partial charge in [-0.25, -0.2) is 0 Å². The van der Waals surface area contributed by atoms with Gasteiger partial charge in [-0.1, -0.05) is 12.8 Å². The van der Waals surface area contributed by atoms with Crippen molar-refractivity contribution in [2.75, 3.05) is 13.1 Å². The molecule has 0 amide bonds. The quantitative estimate of drug-likeness (QED) is 0.806. The van der Waals surface area contributed by atoms with Crippen molar-refractivity contribution in [3.63, 3.8) is 0 Å². The molecule has 1 aliphatic carbocycles. The molecular weight excluding hydrogens is 204 g/mol. The van der Waals surface area contributed by atoms with E-state index in [0.29, 0.717) is 5.41 Å². The van der Waals surface area contributed by atoms with Crippen molar-refractivity contribution in [1.82, 2.24) is 5.32 Å². The molecular formula is C12H20N2S. The Kier molecular flexibility index (Phi) is 3.78. The average molecular weight is 224 g/mol. The topological polar surface area (TPSA) is 38.0 Å². The lowest BCUT2D eigenvalue weighted by Gasteiger charge is -2.27. The van der Waals surface area contributed by atoms with Gasteiger partial charge in [-0.2, -0.15) is 11.3 Å². The third-order valence-electron chi connectivity index (χ3n) is 3.51. The van der Waals surface area contributed by atoms with Crippen molar-refractivity contribution in [3.8, 4) is 0 Å². The summed E-state index contributed by atoms with van der Waals surface area (Å²) in [6.07, 6.45) is 5.33. The normalized spacial score (nSPS) is 19.5. The monoisotopic (exact) mass is 224 g/mol. The molecule has 1 heterocycles. The lowest BCUT2D eigenvalue weighted by Crippen LogP contribution is -2.37. The lowest BCUT2D eigenvalue weighted by molar-refractivity contribution is 0.290. The fraction of sp³-hybridized carbons (Fsp3) is 0.667. The van der Waals surface area contributed by atoms with E-state index in [0.717, 1.165) is 19.6 Å². The van der Waals surface area contributed by atoms with Crippen LogP contribution in [0.2, 0.25) is 0 Å². The molecule has 0 bridgehead atoms. The van der Waals surface area contributed by atoms with E-state index in [4.69, 9.17) is 5.73 Å². The Balaban J connectivity index is 1.77. The maximum atomic E-state index is 5.89. The molecule has 0 radical (unpaired) electrons. The van der Waals surface area contributed by atoms with Crippen LogP contribution in [0, 0.1) is 5.41 Å². The second-order valence-corrected chi connectivity index (χ2v) is 5.43. The first-order chi connectivity index (χ1) is 7.35. The summed E-state index contributed by atoms with van der Waals surface area (Å²) in [4.78, 5) is 0. The van der Waals surface area contributed by atoms with E-state index >= 15 is 0 Å². The van der Waals surface area contributed by atoms with Gasteiger partial charge in [0.1, 0.15) is 0 Å². The zero-order chi connectivity index (χ0) is 10.6. The van der Waals surface area contributed by atoms with E-state index in [2.05, 4.69) is 22.1 Å². The highest BCUT2D eigenvalue weighted by atomic mass is 32.1. The van der Waals surface area contributed by atoms with Crippen LogP contribution in [-0.2, 0) is 6.54 Å². The fourth-order valence-electron chi connectivity index (χ4n) is 2.44. The van der Waals surface area contributed by atoms with E-state index in [1.165, 1.54) is 31.2 Å². The Morgan fingerprint density at radius 2 is 2.20 bits per heavy atom. The highest BCUT2D eigenvalue weighted by molar-refractivity contribution is 7.07. The maximum Gasteiger partial charge on any atom is 0.0213 e. The lowest BCUT2D eigenvalue weighted by atomic mass is 9.86. The molecule has 2 nitrogen and oxygen atoms in total. The fourth-order valence-corrected chi connectivity index (χ4v) is 3.11. The summed E-state index contributed by atoms with van der Waals surface area (Å²) < 4.78 is 0. The third kappa shape index (κ3) is 2.80. The first kappa shape index (κ1) is 11.1. The van der Waals surface area contributed by atoms with Gasteiger partial charge < -0.3 is 11.1 Å². The molecule has 1 saturated carbocycles. The number of nitrogens with two attached hydrogens (primary N) is 1. The van der Waals surface area contributed by atoms with E-state index < -0.39 is 0 Å². The van der Waals surface area contributed by atoms with Crippen LogP contribution in [0.3, 0.4) is 0 Å². The number of hydrogen-bond donors (Lipinski definition) is 2. The first-order valence-electron chi connectivity index (χ1n) is 5.77. The molecule has 3 N–H and O–H groups in total. The zero-order valence-corrected chi connectivity index (χ0v) is 9.98. The van der Waals surface area contributed by atoms with Crippen LogP contribution < -0.4 is 11.1 Å². The predicted octanol–water partition coefficient (Wildman–Crippen LogP) is 2.36. The summed E-state index contributed by atoms with van der Waals surface area (Å²) in [5, 5.41) is 7.88. The number of nitrogens with one attached hydrogen (secondary N) is 1. The smallest absolute Gasteiger partial charge is 0.0213 e. The van der Waals surface area contributed by atoms with Crippen molar-refractivity contribution in [2.24, 2.45) is 11.1 Å². The van der Waals surface area contributed by atoms with Crippen LogP contribution >= 0.6 is 11.3 Å². The Bertz CT molecular complexity index is 276. The molecule has 3 heteroatoms. The Morgan fingerprint density at radius 3 is 2.80 bits per heavy atom. The second kappa shape index (κ2) is 5.10. The summed E-state index contributed by atoms with van der Waals surface area (Å²) >= 11 is 1.76. The molecule has 1 aromatic rings. The summed E-state index contributed by atoms with van der Waals surface area (Å²) in [6.45, 7) is 2.91. The molecule has 2 rings (SSSR count). The summed E-state index contributed by atoms with van der Waals surface area (Å²) in [7, 11) is 0. The van der Waals surface area contributed by atoms with Gasteiger partial charge in [0.05, 0.1) is 0 Å². The third-order valence-corrected chi connectivity index (χ3v) is 4.24. The summed E-state index contributed by atoms with van der Waals surface area (Å²) in [5.74, 6) is 0. The number of rotatable bonds is 5. The van der Waals surface area contributed by atoms with Gasteiger partial charge in [-0.05, 0) is 47.2 Å². The largest absolute Gasteiger partial charge is 0.330 e. The molecule has 1 aliphatic rings. The minimum Gasteiger partial charge on any atom is -0.330 e. The molecule has 1 fully saturated rings. The predicted molar refractivity (Wildman–Crippen MR) is 66.0 cm³/mol. The van der Waals surface area contributed by atoms with E-state index in [-0.39, 0.29) is 0 Å². The van der Waals surface area contributed by atoms with Crippen LogP contribution in [0.1, 0.15) is 31.2 Å². The molecule has 15 heavy (non-hydrogen) atoms. The van der Waals surface area contributed by atoms with Gasteiger partial charge in [-0.3, -0.25) is 0 Å². The summed E-state index contributed by atoms with van der Waals surface area (Å²) in [5.41, 5.74) is 7.68. The Labute approximate surface area is 95.9 Å². The van der Waals surface area contributed by atoms with Crippen LogP contribution in [0.5, 0.6) is 0 Å². The Morgan fingerprint density at radius 1 is 1.40 bits per heavy atom. The minimum atomic E-state index is 0.399. The van der Waals surface area contributed by atoms with Crippen molar-refractivity contribution >= 4 is 11.3 Å². The molecule has 0 spiro atoms. The Hall–Kier alpha value is -0.380. The van der Waals surface area contributed by atoms with Crippen molar-refractivity contribution in [1.29, 1.82) is 0 Å². The SMILES string of the molecule is NCC1(CNCc2ccsc2)CCCC1. The highest BCUT2D eigenvalue weighted by Crippen LogP contribution is 2.36. The molecule has 84 valence electrons. The summed E-state index contributed by atoms with van der Waals surface area (Å²) in [6, 6.07) is 2.18. The van der Waals surface area contributed by atoms with Gasteiger partial charge in [0.25, 0.3) is 0 Å². The molecule has 0 unspecified atom stereocenters. The second-order valence-electron chi connectivity index (χ2n) is 4.65. The van der Waals surface area contributed by atoms with E-state index in [1.54, 1.807) is 11.3 Å². The van der Waals surface area contributed by atoms with E-state index in [9.17, 15) is 0 Å². The van der Waals surface area contributed by atoms with Crippen LogP contribution in [0.25, 0.3) is 0 Å². The van der Waals surface area contributed by atoms with Gasteiger partial charge >= 0.3 is 0 Å². The van der Waals surface area contributed by atoms with Gasteiger partial charge in [0.15, 0.2) is 0 Å². The molecule has 0 aromatic carbocycles. The maximum absolute atomic E-state index is 5.89. The molecule has 0 saturated heterocycles. The molecule has 0 aliphatic heterocycles. The van der Waals surface area contributed by atoms with Crippen LogP contribution in [0.15, 0.2) is 16.8 Å². The minimum absolute atomic E-state index is 0.399. The zero-order valence-electron chi connectivity index (χ0n) is 9.17. The van der Waals surface area contributed by atoms with Gasteiger partial charge in [-0.15, -0.1) is 0 Å². The van der Waals surface area contributed by atoms with E-state index in [1.807, 2.05) is 0 Å². The van der Waals surface area contributed by atoms with Crippen molar-refractivity contribution < 1.29 is 0 Å². The number of thiophene rings is 1. The van der Waals surface area contributed by atoms with Gasteiger partial charge in [0.2, 0.25) is 0 Å². The van der Waals surface area contributed by atoms with Crippen molar-refractivity contribution in [2.45, 2.75) is 32.2 Å². The standard InChI is InChI=1S/C12H20N2S/c13-9-12(4-1-2-5-12)10-14-7-11-3-6-15-8-11/h3,6,8,14H,1-2,4-5,7,9-10,13H2. The average Bonchev–Trinajstić information content (AvgIpc) is 2.89. The highest BCUT2D eigenvalue weighted by Gasteiger charge is 2.31. The molecule has 1 aromatic heterocycles. The first-order valence-corrected chi connectivity index (χ1v) is 6.71.